The van der Waals surface area contributed by atoms with Gasteiger partial charge in [-0.2, -0.15) is 0 Å². The zero-order valence-corrected chi connectivity index (χ0v) is 15.9. The van der Waals surface area contributed by atoms with E-state index < -0.39 is 0 Å². The van der Waals surface area contributed by atoms with E-state index in [0.717, 1.165) is 50.8 Å². The topological polar surface area (TPSA) is 40.6 Å². The van der Waals surface area contributed by atoms with Gasteiger partial charge < -0.3 is 19.9 Å². The van der Waals surface area contributed by atoms with Crippen molar-refractivity contribution in [2.24, 2.45) is 0 Å². The Balaban J connectivity index is 1.64. The molecular formula is C21H30N4O. The van der Waals surface area contributed by atoms with Gasteiger partial charge in [-0.15, -0.1) is 0 Å². The second-order valence-electron chi connectivity index (χ2n) is 6.77. The van der Waals surface area contributed by atoms with Gasteiger partial charge in [0.2, 0.25) is 0 Å². The summed E-state index contributed by atoms with van der Waals surface area (Å²) in [5.41, 5.74) is 2.45. The minimum absolute atomic E-state index is 0.688. The highest BCUT2D eigenvalue weighted by atomic mass is 16.5. The van der Waals surface area contributed by atoms with E-state index in [4.69, 9.17) is 4.74 Å². The lowest BCUT2D eigenvalue weighted by molar-refractivity contribution is 0.335. The van der Waals surface area contributed by atoms with Crippen LogP contribution in [-0.4, -0.2) is 49.7 Å². The fourth-order valence-corrected chi connectivity index (χ4v) is 3.39. The summed E-state index contributed by atoms with van der Waals surface area (Å²) in [7, 11) is 2.19. The molecule has 0 amide bonds. The number of hydrogen-bond acceptors (Lipinski definition) is 5. The van der Waals surface area contributed by atoms with E-state index in [2.05, 4.69) is 45.3 Å². The predicted molar refractivity (Wildman–Crippen MR) is 107 cm³/mol. The van der Waals surface area contributed by atoms with Crippen LogP contribution in [0.4, 0.5) is 5.82 Å². The van der Waals surface area contributed by atoms with Crippen molar-refractivity contribution in [3.63, 3.8) is 0 Å². The van der Waals surface area contributed by atoms with Crippen LogP contribution in [0.5, 0.6) is 5.75 Å². The van der Waals surface area contributed by atoms with E-state index in [1.54, 1.807) is 0 Å². The SMILES string of the molecule is CCOc1ccccc1CNCc1cccnc1N1CCCN(C)CC1. The van der Waals surface area contributed by atoms with E-state index in [1.165, 1.54) is 17.5 Å². The number of para-hydroxylation sites is 1. The maximum atomic E-state index is 5.72. The number of anilines is 1. The molecule has 2 heterocycles. The maximum Gasteiger partial charge on any atom is 0.133 e. The fourth-order valence-electron chi connectivity index (χ4n) is 3.39. The van der Waals surface area contributed by atoms with Crippen molar-refractivity contribution in [2.45, 2.75) is 26.4 Å². The number of pyridine rings is 1. The standard InChI is InChI=1S/C21H30N4O/c1-3-26-20-10-5-4-8-18(20)16-22-17-19-9-6-11-23-21(19)25-13-7-12-24(2)14-15-25/h4-6,8-11,22H,3,7,12-17H2,1-2H3. The Morgan fingerprint density at radius 3 is 2.69 bits per heavy atom. The molecule has 0 aliphatic carbocycles. The molecule has 5 heteroatoms. The summed E-state index contributed by atoms with van der Waals surface area (Å²) in [5, 5.41) is 3.56. The van der Waals surface area contributed by atoms with Crippen LogP contribution in [-0.2, 0) is 13.1 Å². The van der Waals surface area contributed by atoms with Crippen molar-refractivity contribution in [1.29, 1.82) is 0 Å². The van der Waals surface area contributed by atoms with Crippen molar-refractivity contribution in [1.82, 2.24) is 15.2 Å². The third kappa shape index (κ3) is 4.96. The highest BCUT2D eigenvalue weighted by molar-refractivity contribution is 5.47. The van der Waals surface area contributed by atoms with E-state index >= 15 is 0 Å². The minimum Gasteiger partial charge on any atom is -0.494 e. The van der Waals surface area contributed by atoms with Crippen LogP contribution in [0.25, 0.3) is 0 Å². The molecule has 1 aliphatic heterocycles. The average Bonchev–Trinajstić information content (AvgIpc) is 2.88. The van der Waals surface area contributed by atoms with Crippen LogP contribution in [0.3, 0.4) is 0 Å². The van der Waals surface area contributed by atoms with Crippen molar-refractivity contribution < 1.29 is 4.74 Å². The summed E-state index contributed by atoms with van der Waals surface area (Å²) in [6.45, 7) is 8.65. The second-order valence-corrected chi connectivity index (χ2v) is 6.77. The van der Waals surface area contributed by atoms with Gasteiger partial charge in [0.25, 0.3) is 0 Å². The largest absolute Gasteiger partial charge is 0.494 e. The summed E-state index contributed by atoms with van der Waals surface area (Å²) in [6.07, 6.45) is 3.08. The van der Waals surface area contributed by atoms with Crippen LogP contribution in [0.1, 0.15) is 24.5 Å². The molecule has 0 saturated carbocycles. The molecule has 1 aromatic heterocycles. The third-order valence-electron chi connectivity index (χ3n) is 4.79. The first-order chi connectivity index (χ1) is 12.8. The lowest BCUT2D eigenvalue weighted by Gasteiger charge is -2.24. The van der Waals surface area contributed by atoms with Crippen molar-refractivity contribution in [3.8, 4) is 5.75 Å². The monoisotopic (exact) mass is 354 g/mol. The molecule has 1 N–H and O–H groups in total. The zero-order valence-electron chi connectivity index (χ0n) is 15.9. The van der Waals surface area contributed by atoms with Crippen molar-refractivity contribution in [3.05, 3.63) is 53.7 Å². The number of likely N-dealkylation sites (N-methyl/N-ethyl adjacent to an activating group) is 1. The molecule has 140 valence electrons. The second kappa shape index (κ2) is 9.55. The van der Waals surface area contributed by atoms with Crippen LogP contribution >= 0.6 is 0 Å². The summed E-state index contributed by atoms with van der Waals surface area (Å²) in [4.78, 5) is 9.50. The van der Waals surface area contributed by atoms with E-state index in [-0.39, 0.29) is 0 Å². The Labute approximate surface area is 157 Å². The molecule has 0 spiro atoms. The van der Waals surface area contributed by atoms with Crippen LogP contribution < -0.4 is 15.0 Å². The highest BCUT2D eigenvalue weighted by Crippen LogP contribution is 2.20. The first-order valence-electron chi connectivity index (χ1n) is 9.56. The molecule has 5 nitrogen and oxygen atoms in total. The number of nitrogens with one attached hydrogen (secondary N) is 1. The van der Waals surface area contributed by atoms with Gasteiger partial charge in [-0.3, -0.25) is 0 Å². The van der Waals surface area contributed by atoms with E-state index in [9.17, 15) is 0 Å². The van der Waals surface area contributed by atoms with Gasteiger partial charge in [-0.25, -0.2) is 4.98 Å². The number of nitrogens with zero attached hydrogens (tertiary/aromatic N) is 3. The van der Waals surface area contributed by atoms with E-state index in [0.29, 0.717) is 6.61 Å². The molecule has 3 rings (SSSR count). The Morgan fingerprint density at radius 1 is 1.00 bits per heavy atom. The van der Waals surface area contributed by atoms with Crippen LogP contribution in [0, 0.1) is 0 Å². The minimum atomic E-state index is 0.688. The lowest BCUT2D eigenvalue weighted by Crippen LogP contribution is -2.30. The Kier molecular flexibility index (Phi) is 6.86. The van der Waals surface area contributed by atoms with Crippen molar-refractivity contribution >= 4 is 5.82 Å². The van der Waals surface area contributed by atoms with Gasteiger partial charge in [0.15, 0.2) is 0 Å². The molecule has 0 bridgehead atoms. The molecule has 2 aromatic rings. The normalized spacial score (nSPS) is 15.7. The summed E-state index contributed by atoms with van der Waals surface area (Å²) in [5.74, 6) is 2.08. The van der Waals surface area contributed by atoms with Crippen molar-refractivity contribution in [2.75, 3.05) is 44.7 Å². The number of benzene rings is 1. The van der Waals surface area contributed by atoms with Gasteiger partial charge in [0.1, 0.15) is 11.6 Å². The average molecular weight is 354 g/mol. The Hall–Kier alpha value is -2.11. The lowest BCUT2D eigenvalue weighted by atomic mass is 10.2. The first-order valence-corrected chi connectivity index (χ1v) is 9.56. The summed E-state index contributed by atoms with van der Waals surface area (Å²) < 4.78 is 5.72. The number of ether oxygens (including phenoxy) is 1. The summed E-state index contributed by atoms with van der Waals surface area (Å²) >= 11 is 0. The van der Waals surface area contributed by atoms with E-state index in [1.807, 2.05) is 31.3 Å². The van der Waals surface area contributed by atoms with Gasteiger partial charge in [0, 0.05) is 50.0 Å². The first kappa shape index (κ1) is 18.7. The molecule has 1 fully saturated rings. The molecule has 0 unspecified atom stereocenters. The number of hydrogen-bond donors (Lipinski definition) is 1. The molecule has 0 atom stereocenters. The highest BCUT2D eigenvalue weighted by Gasteiger charge is 2.16. The van der Waals surface area contributed by atoms with Crippen LogP contribution in [0.2, 0.25) is 0 Å². The molecule has 26 heavy (non-hydrogen) atoms. The molecule has 1 aliphatic rings. The molecule has 1 aromatic carbocycles. The Morgan fingerprint density at radius 2 is 1.81 bits per heavy atom. The number of aromatic nitrogens is 1. The maximum absolute atomic E-state index is 5.72. The van der Waals surface area contributed by atoms with Gasteiger partial charge >= 0.3 is 0 Å². The van der Waals surface area contributed by atoms with Gasteiger partial charge in [0.05, 0.1) is 6.61 Å². The molecule has 0 radical (unpaired) electrons. The smallest absolute Gasteiger partial charge is 0.133 e. The summed E-state index contributed by atoms with van der Waals surface area (Å²) in [6, 6.07) is 12.4. The predicted octanol–water partition coefficient (Wildman–Crippen LogP) is 2.91. The van der Waals surface area contributed by atoms with Crippen LogP contribution in [0.15, 0.2) is 42.6 Å². The molecular weight excluding hydrogens is 324 g/mol. The van der Waals surface area contributed by atoms with Gasteiger partial charge in [-0.1, -0.05) is 24.3 Å². The quantitative estimate of drug-likeness (QED) is 0.828. The Bertz CT molecular complexity index is 691. The molecule has 1 saturated heterocycles. The third-order valence-corrected chi connectivity index (χ3v) is 4.79. The number of rotatable bonds is 7. The fraction of sp³-hybridized carbons (Fsp3) is 0.476. The van der Waals surface area contributed by atoms with Gasteiger partial charge in [-0.05, 0) is 39.1 Å². The zero-order chi connectivity index (χ0) is 18.2.